The molecule has 2 aromatic rings. The van der Waals surface area contributed by atoms with Crippen LogP contribution in [0.3, 0.4) is 0 Å². The first kappa shape index (κ1) is 17.8. The molecule has 0 aromatic heterocycles. The van der Waals surface area contributed by atoms with Gasteiger partial charge >= 0.3 is 5.97 Å². The van der Waals surface area contributed by atoms with Crippen molar-refractivity contribution in [2.75, 3.05) is 21.3 Å². The summed E-state index contributed by atoms with van der Waals surface area (Å²) in [4.78, 5) is 12.4. The third kappa shape index (κ3) is 3.23. The van der Waals surface area contributed by atoms with Gasteiger partial charge in [0.05, 0.1) is 21.3 Å². The third-order valence-corrected chi connectivity index (χ3v) is 4.29. The lowest BCUT2D eigenvalue weighted by atomic mass is 9.99. The predicted octanol–water partition coefficient (Wildman–Crippen LogP) is 2.72. The molecule has 0 aliphatic carbocycles. The van der Waals surface area contributed by atoms with E-state index in [0.29, 0.717) is 34.0 Å². The third-order valence-electron chi connectivity index (χ3n) is 4.29. The summed E-state index contributed by atoms with van der Waals surface area (Å²) in [6.07, 6.45) is -1.98. The van der Waals surface area contributed by atoms with Crippen LogP contribution in [-0.4, -0.2) is 38.5 Å². The van der Waals surface area contributed by atoms with Gasteiger partial charge in [-0.15, -0.1) is 0 Å². The molecule has 0 amide bonds. The summed E-state index contributed by atoms with van der Waals surface area (Å²) in [5.41, 5.74) is 1.53. The molecule has 1 aliphatic heterocycles. The Balaban J connectivity index is 1.94. The molecule has 26 heavy (non-hydrogen) atoms. The molecule has 0 spiro atoms. The Labute approximate surface area is 151 Å². The maximum Gasteiger partial charge on any atom is 0.343 e. The Morgan fingerprint density at radius 2 is 1.42 bits per heavy atom. The minimum absolute atomic E-state index is 0.295. The van der Waals surface area contributed by atoms with E-state index in [1.807, 2.05) is 0 Å². The average molecular weight is 356 g/mol. The number of aliphatic hydroxyl groups excluding tert-OH is 1. The van der Waals surface area contributed by atoms with E-state index in [2.05, 4.69) is 0 Å². The first-order valence-corrected chi connectivity index (χ1v) is 8.04. The molecule has 2 atom stereocenters. The summed E-state index contributed by atoms with van der Waals surface area (Å²) in [6, 6.07) is 13.9. The zero-order chi connectivity index (χ0) is 18.7. The van der Waals surface area contributed by atoms with Crippen molar-refractivity contribution in [3.05, 3.63) is 65.4 Å². The number of esters is 1. The van der Waals surface area contributed by atoms with Crippen LogP contribution in [-0.2, 0) is 14.3 Å². The highest BCUT2D eigenvalue weighted by atomic mass is 16.6. The maximum atomic E-state index is 12.4. The van der Waals surface area contributed by atoms with Crippen LogP contribution >= 0.6 is 0 Å². The summed E-state index contributed by atoms with van der Waals surface area (Å²) in [6.45, 7) is 0. The van der Waals surface area contributed by atoms with Crippen molar-refractivity contribution < 1.29 is 28.8 Å². The molecule has 6 heteroatoms. The molecule has 0 bridgehead atoms. The number of hydrogen-bond acceptors (Lipinski definition) is 6. The van der Waals surface area contributed by atoms with E-state index in [4.69, 9.17) is 18.9 Å². The fraction of sp³-hybridized carbons (Fsp3) is 0.250. The van der Waals surface area contributed by atoms with Crippen LogP contribution in [0.1, 0.15) is 17.2 Å². The number of carbonyl (C=O) groups is 1. The molecule has 1 aliphatic rings. The van der Waals surface area contributed by atoms with Crippen molar-refractivity contribution in [1.29, 1.82) is 0 Å². The second-order valence-corrected chi connectivity index (χ2v) is 5.72. The van der Waals surface area contributed by atoms with Gasteiger partial charge in [0.15, 0.2) is 11.9 Å². The number of ether oxygens (including phenoxy) is 4. The van der Waals surface area contributed by atoms with Crippen molar-refractivity contribution in [2.24, 2.45) is 0 Å². The highest BCUT2D eigenvalue weighted by Gasteiger charge is 2.41. The first-order chi connectivity index (χ1) is 12.6. The van der Waals surface area contributed by atoms with E-state index in [9.17, 15) is 9.90 Å². The fourth-order valence-corrected chi connectivity index (χ4v) is 2.89. The Morgan fingerprint density at radius 1 is 0.885 bits per heavy atom. The molecule has 6 nitrogen and oxygen atoms in total. The van der Waals surface area contributed by atoms with Gasteiger partial charge in [-0.25, -0.2) is 4.79 Å². The number of cyclic esters (lactones) is 1. The van der Waals surface area contributed by atoms with Gasteiger partial charge in [0, 0.05) is 0 Å². The molecule has 3 rings (SSSR count). The summed E-state index contributed by atoms with van der Waals surface area (Å²) >= 11 is 0. The van der Waals surface area contributed by atoms with Gasteiger partial charge in [-0.1, -0.05) is 24.3 Å². The number of rotatable bonds is 6. The molecule has 0 radical (unpaired) electrons. The lowest BCUT2D eigenvalue weighted by Crippen LogP contribution is -2.22. The van der Waals surface area contributed by atoms with Gasteiger partial charge in [0.2, 0.25) is 0 Å². The Hall–Kier alpha value is -2.99. The van der Waals surface area contributed by atoms with Crippen LogP contribution in [0.5, 0.6) is 11.5 Å². The molecule has 2 aromatic carbocycles. The van der Waals surface area contributed by atoms with E-state index in [1.54, 1.807) is 62.8 Å². The average Bonchev–Trinajstić information content (AvgIpc) is 3.03. The minimum atomic E-state index is -1.06. The lowest BCUT2D eigenvalue weighted by Gasteiger charge is -2.20. The van der Waals surface area contributed by atoms with E-state index in [1.165, 1.54) is 7.11 Å². The normalized spacial score (nSPS) is 17.7. The van der Waals surface area contributed by atoms with Gasteiger partial charge in [-0.05, 0) is 35.4 Å². The molecule has 0 fully saturated rings. The molecular formula is C20H20O6. The van der Waals surface area contributed by atoms with Crippen LogP contribution in [0.4, 0.5) is 0 Å². The summed E-state index contributed by atoms with van der Waals surface area (Å²) < 4.78 is 21.1. The molecule has 0 saturated heterocycles. The van der Waals surface area contributed by atoms with Gasteiger partial charge in [-0.3, -0.25) is 0 Å². The fourth-order valence-electron chi connectivity index (χ4n) is 2.89. The first-order valence-electron chi connectivity index (χ1n) is 8.04. The van der Waals surface area contributed by atoms with Crippen molar-refractivity contribution in [2.45, 2.75) is 12.2 Å². The van der Waals surface area contributed by atoms with Crippen LogP contribution in [0.25, 0.3) is 5.57 Å². The van der Waals surface area contributed by atoms with Crippen LogP contribution in [0.15, 0.2) is 54.3 Å². The highest BCUT2D eigenvalue weighted by molar-refractivity contribution is 6.19. The van der Waals surface area contributed by atoms with Crippen LogP contribution in [0.2, 0.25) is 0 Å². The quantitative estimate of drug-likeness (QED) is 0.802. The number of benzene rings is 2. The molecule has 2 unspecified atom stereocenters. The van der Waals surface area contributed by atoms with E-state index >= 15 is 0 Å². The Morgan fingerprint density at radius 3 is 1.92 bits per heavy atom. The van der Waals surface area contributed by atoms with Gasteiger partial charge in [-0.2, -0.15) is 0 Å². The number of methoxy groups -OCH3 is 3. The molecular weight excluding hydrogens is 336 g/mol. The lowest BCUT2D eigenvalue weighted by molar-refractivity contribution is -0.143. The zero-order valence-corrected chi connectivity index (χ0v) is 14.8. The van der Waals surface area contributed by atoms with Crippen molar-refractivity contribution in [3.63, 3.8) is 0 Å². The van der Waals surface area contributed by atoms with Crippen molar-refractivity contribution in [1.82, 2.24) is 0 Å². The second kappa shape index (κ2) is 7.49. The molecule has 0 saturated carbocycles. The SMILES string of the molecule is COC1=C(c2ccc(OC)cc2)C(=O)OC1C(O)c1ccc(OC)cc1. The zero-order valence-electron chi connectivity index (χ0n) is 14.8. The summed E-state index contributed by atoms with van der Waals surface area (Å²) in [5.74, 6) is 1.10. The minimum Gasteiger partial charge on any atom is -0.497 e. The smallest absolute Gasteiger partial charge is 0.343 e. The van der Waals surface area contributed by atoms with Crippen LogP contribution in [0, 0.1) is 0 Å². The molecule has 1 N–H and O–H groups in total. The van der Waals surface area contributed by atoms with E-state index in [0.717, 1.165) is 0 Å². The van der Waals surface area contributed by atoms with Gasteiger partial charge in [0.1, 0.15) is 23.2 Å². The number of hydrogen-bond donors (Lipinski definition) is 1. The van der Waals surface area contributed by atoms with E-state index in [-0.39, 0.29) is 0 Å². The summed E-state index contributed by atoms with van der Waals surface area (Å²) in [5, 5.41) is 10.7. The number of aliphatic hydroxyl groups is 1. The summed E-state index contributed by atoms with van der Waals surface area (Å²) in [7, 11) is 4.59. The predicted molar refractivity (Wildman–Crippen MR) is 94.8 cm³/mol. The monoisotopic (exact) mass is 356 g/mol. The Bertz CT molecular complexity index is 807. The largest absolute Gasteiger partial charge is 0.497 e. The van der Waals surface area contributed by atoms with Crippen molar-refractivity contribution >= 4 is 11.5 Å². The molecule has 1 heterocycles. The van der Waals surface area contributed by atoms with E-state index < -0.39 is 18.2 Å². The standard InChI is InChI=1S/C20H20O6/c1-23-14-8-4-12(5-9-14)16-18(25-3)19(26-20(16)22)17(21)13-6-10-15(24-2)11-7-13/h4-11,17,19,21H,1-3H3. The Kier molecular flexibility index (Phi) is 5.14. The van der Waals surface area contributed by atoms with Gasteiger partial charge in [0.25, 0.3) is 0 Å². The molecule has 136 valence electrons. The second-order valence-electron chi connectivity index (χ2n) is 5.72. The van der Waals surface area contributed by atoms with Crippen molar-refractivity contribution in [3.8, 4) is 11.5 Å². The van der Waals surface area contributed by atoms with Gasteiger partial charge < -0.3 is 24.1 Å². The highest BCUT2D eigenvalue weighted by Crippen LogP contribution is 2.37. The number of carbonyl (C=O) groups excluding carboxylic acids is 1. The topological polar surface area (TPSA) is 74.2 Å². The maximum absolute atomic E-state index is 12.4. The van der Waals surface area contributed by atoms with Crippen LogP contribution < -0.4 is 9.47 Å².